The van der Waals surface area contributed by atoms with Crippen molar-refractivity contribution in [1.82, 2.24) is 5.32 Å². The van der Waals surface area contributed by atoms with Crippen LogP contribution in [0.15, 0.2) is 30.3 Å². The summed E-state index contributed by atoms with van der Waals surface area (Å²) >= 11 is 0. The van der Waals surface area contributed by atoms with E-state index in [-0.39, 0.29) is 19.4 Å². The average molecular weight is 353 g/mol. The van der Waals surface area contributed by atoms with Crippen LogP contribution in [-0.4, -0.2) is 41.6 Å². The number of carbonyl (C=O) groups is 2. The molecule has 2 N–H and O–H groups in total. The Morgan fingerprint density at radius 2 is 1.75 bits per heavy atom. The Morgan fingerprint density at radius 3 is 2.29 bits per heavy atom. The van der Waals surface area contributed by atoms with E-state index in [9.17, 15) is 23.1 Å². The molecule has 24 heavy (non-hydrogen) atoms. The van der Waals surface area contributed by atoms with Crippen LogP contribution in [0, 0.1) is 0 Å². The van der Waals surface area contributed by atoms with Gasteiger partial charge in [-0.1, -0.05) is 30.3 Å². The third-order valence-corrected chi connectivity index (χ3v) is 7.52. The van der Waals surface area contributed by atoms with Crippen molar-refractivity contribution in [2.24, 2.45) is 0 Å². The zero-order chi connectivity index (χ0) is 17.4. The van der Waals surface area contributed by atoms with E-state index in [1.165, 1.54) is 0 Å². The summed E-state index contributed by atoms with van der Waals surface area (Å²) in [5.41, 5.74) is -0.798. The molecule has 2 heterocycles. The minimum atomic E-state index is -3.28. The third kappa shape index (κ3) is 2.98. The summed E-state index contributed by atoms with van der Waals surface area (Å²) in [4.78, 5) is 23.8. The van der Waals surface area contributed by atoms with Crippen molar-refractivity contribution in [1.29, 1.82) is 0 Å². The first-order valence-corrected chi connectivity index (χ1v) is 9.39. The first-order valence-electron chi connectivity index (χ1n) is 7.78. The van der Waals surface area contributed by atoms with E-state index in [2.05, 4.69) is 5.32 Å². The van der Waals surface area contributed by atoms with Crippen LogP contribution in [-0.2, 0) is 26.0 Å². The second-order valence-corrected chi connectivity index (χ2v) is 8.90. The van der Waals surface area contributed by atoms with Crippen LogP contribution < -0.4 is 5.32 Å². The van der Waals surface area contributed by atoms with Crippen LogP contribution >= 0.6 is 0 Å². The Hall–Kier alpha value is -2.09. The molecular weight excluding hydrogens is 334 g/mol. The first-order chi connectivity index (χ1) is 11.3. The lowest BCUT2D eigenvalue weighted by Crippen LogP contribution is -2.60. The number of hydrogen-bond acceptors (Lipinski definition) is 5. The number of carbonyl (C=O) groups excluding carboxylic acids is 1. The normalized spacial score (nSPS) is 30.5. The molecule has 2 atom stereocenters. The molecule has 3 rings (SSSR count). The Kier molecular flexibility index (Phi) is 4.25. The fraction of sp³-hybridized carbons (Fsp3) is 0.500. The van der Waals surface area contributed by atoms with E-state index in [4.69, 9.17) is 4.74 Å². The van der Waals surface area contributed by atoms with Gasteiger partial charge in [-0.25, -0.2) is 18.0 Å². The molecule has 0 spiro atoms. The quantitative estimate of drug-likeness (QED) is 0.848. The highest BCUT2D eigenvalue weighted by atomic mass is 32.2. The molecule has 2 aliphatic rings. The van der Waals surface area contributed by atoms with Crippen molar-refractivity contribution in [3.05, 3.63) is 35.9 Å². The molecule has 1 aromatic carbocycles. The van der Waals surface area contributed by atoms with Gasteiger partial charge in [0.1, 0.15) is 12.1 Å². The maximum absolute atomic E-state index is 12.1. The molecule has 0 saturated carbocycles. The van der Waals surface area contributed by atoms with Gasteiger partial charge in [-0.15, -0.1) is 0 Å². The summed E-state index contributed by atoms with van der Waals surface area (Å²) in [6.07, 6.45) is -0.172. The highest BCUT2D eigenvalue weighted by Crippen LogP contribution is 2.43. The summed E-state index contributed by atoms with van der Waals surface area (Å²) in [7, 11) is -3.28. The van der Waals surface area contributed by atoms with Gasteiger partial charge in [0.25, 0.3) is 0 Å². The summed E-state index contributed by atoms with van der Waals surface area (Å²) < 4.78 is 29.4. The van der Waals surface area contributed by atoms with E-state index in [0.717, 1.165) is 5.56 Å². The maximum atomic E-state index is 12.1. The molecule has 0 aromatic heterocycles. The summed E-state index contributed by atoms with van der Waals surface area (Å²) in [6.45, 7) is 0.0214. The molecule has 2 aliphatic heterocycles. The summed E-state index contributed by atoms with van der Waals surface area (Å²) in [6, 6.07) is 9.01. The molecule has 2 fully saturated rings. The molecule has 130 valence electrons. The minimum Gasteiger partial charge on any atom is -0.480 e. The van der Waals surface area contributed by atoms with Crippen molar-refractivity contribution in [3.63, 3.8) is 0 Å². The highest BCUT2D eigenvalue weighted by molar-refractivity contribution is 7.93. The van der Waals surface area contributed by atoms with Gasteiger partial charge >= 0.3 is 12.1 Å². The van der Waals surface area contributed by atoms with E-state index < -0.39 is 37.9 Å². The molecular formula is C16H19NO6S. The van der Waals surface area contributed by atoms with Crippen molar-refractivity contribution >= 4 is 21.9 Å². The van der Waals surface area contributed by atoms with E-state index in [1.54, 1.807) is 24.3 Å². The number of amides is 1. The number of nitrogens with one attached hydrogen (secondary N) is 1. The van der Waals surface area contributed by atoms with Gasteiger partial charge < -0.3 is 15.2 Å². The number of carboxylic acid groups (broad SMARTS) is 1. The summed E-state index contributed by atoms with van der Waals surface area (Å²) in [5, 5.41) is 10.6. The van der Waals surface area contributed by atoms with Crippen LogP contribution in [0.2, 0.25) is 0 Å². The molecule has 7 nitrogen and oxygen atoms in total. The largest absolute Gasteiger partial charge is 0.480 e. The Labute approximate surface area is 139 Å². The number of ether oxygens (including phenoxy) is 1. The molecule has 2 bridgehead atoms. The van der Waals surface area contributed by atoms with Gasteiger partial charge in [-0.05, 0) is 31.2 Å². The Morgan fingerprint density at radius 1 is 1.17 bits per heavy atom. The lowest BCUT2D eigenvalue weighted by molar-refractivity contribution is -0.145. The predicted octanol–water partition coefficient (Wildman–Crippen LogP) is 1.48. The molecule has 2 unspecified atom stereocenters. The smallest absolute Gasteiger partial charge is 0.408 e. The van der Waals surface area contributed by atoms with Gasteiger partial charge in [-0.2, -0.15) is 0 Å². The third-order valence-electron chi connectivity index (χ3n) is 4.86. The number of carboxylic acids is 1. The monoisotopic (exact) mass is 353 g/mol. The number of sulfone groups is 1. The molecule has 1 aromatic rings. The van der Waals surface area contributed by atoms with E-state index in [0.29, 0.717) is 12.8 Å². The van der Waals surface area contributed by atoms with Crippen LogP contribution in [0.25, 0.3) is 0 Å². The van der Waals surface area contributed by atoms with Crippen molar-refractivity contribution in [2.75, 3.05) is 0 Å². The SMILES string of the molecule is O=C(NC1(C(=O)O)CC2CCC(C1)S2(=O)=O)OCc1ccccc1. The van der Waals surface area contributed by atoms with Crippen LogP contribution in [0.1, 0.15) is 31.2 Å². The van der Waals surface area contributed by atoms with Crippen LogP contribution in [0.3, 0.4) is 0 Å². The topological polar surface area (TPSA) is 110 Å². The van der Waals surface area contributed by atoms with Crippen molar-refractivity contribution < 1.29 is 27.9 Å². The van der Waals surface area contributed by atoms with Crippen molar-refractivity contribution in [3.8, 4) is 0 Å². The number of aliphatic carboxylic acids is 1. The lowest BCUT2D eigenvalue weighted by atomic mass is 9.89. The molecule has 2 saturated heterocycles. The Bertz CT molecular complexity index is 725. The number of alkyl carbamates (subject to hydrolysis) is 1. The number of benzene rings is 1. The molecule has 1 amide bonds. The zero-order valence-corrected chi connectivity index (χ0v) is 13.8. The molecule has 8 heteroatoms. The summed E-state index contributed by atoms with van der Waals surface area (Å²) in [5.74, 6) is -1.22. The van der Waals surface area contributed by atoms with Gasteiger partial charge in [-0.3, -0.25) is 0 Å². The first kappa shape index (κ1) is 16.8. The molecule has 0 radical (unpaired) electrons. The van der Waals surface area contributed by atoms with E-state index >= 15 is 0 Å². The standard InChI is InChI=1S/C16H19NO6S/c18-14(19)16(8-12-6-7-13(9-16)24(12,21)22)17-15(20)23-10-11-4-2-1-3-5-11/h1-5,12-13H,6-10H2,(H,17,20)(H,18,19). The van der Waals surface area contributed by atoms with E-state index in [1.807, 2.05) is 6.07 Å². The molecule has 0 aliphatic carbocycles. The lowest BCUT2D eigenvalue weighted by Gasteiger charge is -2.37. The van der Waals surface area contributed by atoms with Crippen LogP contribution in [0.4, 0.5) is 4.79 Å². The second kappa shape index (κ2) is 6.08. The number of rotatable bonds is 4. The maximum Gasteiger partial charge on any atom is 0.408 e. The van der Waals surface area contributed by atoms with Gasteiger partial charge in [0.2, 0.25) is 0 Å². The fourth-order valence-electron chi connectivity index (χ4n) is 3.55. The zero-order valence-electron chi connectivity index (χ0n) is 13.0. The second-order valence-electron chi connectivity index (χ2n) is 6.39. The highest BCUT2D eigenvalue weighted by Gasteiger charge is 2.57. The van der Waals surface area contributed by atoms with Gasteiger partial charge in [0.15, 0.2) is 9.84 Å². The van der Waals surface area contributed by atoms with Gasteiger partial charge in [0.05, 0.1) is 10.5 Å². The fourth-order valence-corrected chi connectivity index (χ4v) is 6.06. The average Bonchev–Trinajstić information content (AvgIpc) is 2.73. The number of fused-ring (bicyclic) bond motifs is 2. The number of hydrogen-bond donors (Lipinski definition) is 2. The predicted molar refractivity (Wildman–Crippen MR) is 85.1 cm³/mol. The van der Waals surface area contributed by atoms with Gasteiger partial charge in [0, 0.05) is 0 Å². The minimum absolute atomic E-state index is 0.0214. The van der Waals surface area contributed by atoms with Crippen LogP contribution in [0.5, 0.6) is 0 Å². The van der Waals surface area contributed by atoms with Crippen molar-refractivity contribution in [2.45, 2.75) is 48.3 Å². The Balaban J connectivity index is 1.69.